The van der Waals surface area contributed by atoms with Gasteiger partial charge in [0.15, 0.2) is 6.20 Å². The highest BCUT2D eigenvalue weighted by Crippen LogP contribution is 2.45. The maximum atomic E-state index is 10.3. The summed E-state index contributed by atoms with van der Waals surface area (Å²) in [6, 6.07) is 22.1. The Morgan fingerprint density at radius 3 is 2.41 bits per heavy atom. The summed E-state index contributed by atoms with van der Waals surface area (Å²) in [6.45, 7) is 2.15. The SMILES string of the molecule is Cc1ccc2c(oc3c(-c4cc5c(c(C6CCCCC6)c4)CCCC5)c(C#N)ccc32)c1-c1cccc[n+]1C. The van der Waals surface area contributed by atoms with E-state index in [9.17, 15) is 5.26 Å². The van der Waals surface area contributed by atoms with Gasteiger partial charge in [-0.15, -0.1) is 0 Å². The topological polar surface area (TPSA) is 40.8 Å². The fourth-order valence-electron chi connectivity index (χ4n) is 7.31. The Bertz CT molecular complexity index is 1780. The Morgan fingerprint density at radius 2 is 1.62 bits per heavy atom. The number of pyridine rings is 1. The number of aryl methyl sites for hydroxylation is 3. The Balaban J connectivity index is 1.52. The maximum absolute atomic E-state index is 10.3. The van der Waals surface area contributed by atoms with Crippen LogP contribution in [0.15, 0.2) is 65.2 Å². The quantitative estimate of drug-likeness (QED) is 0.227. The van der Waals surface area contributed by atoms with Gasteiger partial charge in [-0.1, -0.05) is 43.5 Å². The Morgan fingerprint density at radius 1 is 0.846 bits per heavy atom. The molecule has 0 saturated heterocycles. The van der Waals surface area contributed by atoms with Gasteiger partial charge in [0.05, 0.1) is 17.2 Å². The van der Waals surface area contributed by atoms with Gasteiger partial charge in [-0.3, -0.25) is 0 Å². The smallest absolute Gasteiger partial charge is 0.216 e. The second-order valence-electron chi connectivity index (χ2n) is 11.7. The van der Waals surface area contributed by atoms with Crippen LogP contribution in [0, 0.1) is 18.3 Å². The standard InChI is InChI=1S/C36H35N2O/c1-23-15-17-29-30-18-16-26(22-37)34(36(30)39-35(29)33(23)32-14-8-9-19-38(32)2)27-20-25-12-6-7-13-28(25)31(21-27)24-10-4-3-5-11-24/h8-9,14-21,24H,3-7,10-13H2,1-2H3/q+1. The van der Waals surface area contributed by atoms with Crippen molar-refractivity contribution >= 4 is 21.9 Å². The molecule has 2 aliphatic carbocycles. The van der Waals surface area contributed by atoms with Crippen LogP contribution in [-0.4, -0.2) is 0 Å². The summed E-state index contributed by atoms with van der Waals surface area (Å²) in [5.41, 5.74) is 12.6. The largest absolute Gasteiger partial charge is 0.454 e. The van der Waals surface area contributed by atoms with Gasteiger partial charge in [0, 0.05) is 28.5 Å². The number of aromatic nitrogens is 1. The molecular weight excluding hydrogens is 476 g/mol. The summed E-state index contributed by atoms with van der Waals surface area (Å²) >= 11 is 0. The lowest BCUT2D eigenvalue weighted by atomic mass is 9.76. The van der Waals surface area contributed by atoms with Crippen molar-refractivity contribution in [3.05, 3.63) is 88.6 Å². The summed E-state index contributed by atoms with van der Waals surface area (Å²) in [5, 5.41) is 12.5. The van der Waals surface area contributed by atoms with Gasteiger partial charge < -0.3 is 4.42 Å². The zero-order valence-corrected chi connectivity index (χ0v) is 23.0. The Hall–Kier alpha value is -3.90. The van der Waals surface area contributed by atoms with Gasteiger partial charge in [-0.2, -0.15) is 5.26 Å². The molecule has 194 valence electrons. The number of furan rings is 1. The van der Waals surface area contributed by atoms with E-state index in [4.69, 9.17) is 4.42 Å². The number of nitrogens with zero attached hydrogens (tertiary/aromatic N) is 2. The molecule has 0 spiro atoms. The highest BCUT2D eigenvalue weighted by atomic mass is 16.3. The van der Waals surface area contributed by atoms with Crippen LogP contribution in [-0.2, 0) is 19.9 Å². The number of fused-ring (bicyclic) bond motifs is 4. The number of benzene rings is 3. The van der Waals surface area contributed by atoms with Crippen molar-refractivity contribution in [3.8, 4) is 28.5 Å². The second kappa shape index (κ2) is 9.69. The monoisotopic (exact) mass is 511 g/mol. The molecule has 5 aromatic rings. The van der Waals surface area contributed by atoms with Crippen LogP contribution in [0.25, 0.3) is 44.3 Å². The van der Waals surface area contributed by atoms with E-state index in [1.54, 1.807) is 11.1 Å². The van der Waals surface area contributed by atoms with E-state index in [1.807, 2.05) is 6.07 Å². The number of nitriles is 1. The van der Waals surface area contributed by atoms with E-state index in [2.05, 4.69) is 79.3 Å². The third-order valence-corrected chi connectivity index (χ3v) is 9.28. The van der Waals surface area contributed by atoms with E-state index in [0.717, 1.165) is 50.7 Å². The van der Waals surface area contributed by atoms with Crippen LogP contribution in [0.2, 0.25) is 0 Å². The van der Waals surface area contributed by atoms with Crippen molar-refractivity contribution in [2.75, 3.05) is 0 Å². The predicted octanol–water partition coefficient (Wildman–Crippen LogP) is 8.85. The normalized spacial score (nSPS) is 15.9. The van der Waals surface area contributed by atoms with Gasteiger partial charge in [0.1, 0.15) is 18.2 Å². The molecule has 1 fully saturated rings. The van der Waals surface area contributed by atoms with Crippen molar-refractivity contribution in [1.82, 2.24) is 0 Å². The van der Waals surface area contributed by atoms with Crippen molar-refractivity contribution in [2.24, 2.45) is 7.05 Å². The molecule has 0 radical (unpaired) electrons. The van der Waals surface area contributed by atoms with Crippen molar-refractivity contribution in [1.29, 1.82) is 5.26 Å². The Labute approximate surface area is 230 Å². The predicted molar refractivity (Wildman–Crippen MR) is 158 cm³/mol. The van der Waals surface area contributed by atoms with Gasteiger partial charge in [-0.25, -0.2) is 4.57 Å². The molecule has 0 bridgehead atoms. The first-order chi connectivity index (χ1) is 19.1. The number of hydrogen-bond acceptors (Lipinski definition) is 2. The van der Waals surface area contributed by atoms with Gasteiger partial charge in [0.2, 0.25) is 5.69 Å². The molecule has 0 atom stereocenters. The van der Waals surface area contributed by atoms with Crippen LogP contribution < -0.4 is 4.57 Å². The molecule has 3 nitrogen and oxygen atoms in total. The lowest BCUT2D eigenvalue weighted by Gasteiger charge is -2.29. The highest BCUT2D eigenvalue weighted by molar-refractivity contribution is 6.14. The average molecular weight is 512 g/mol. The molecule has 0 aliphatic heterocycles. The van der Waals surface area contributed by atoms with Gasteiger partial charge >= 0.3 is 0 Å². The minimum Gasteiger partial charge on any atom is -0.454 e. The van der Waals surface area contributed by atoms with E-state index in [1.165, 1.54) is 62.5 Å². The molecule has 0 unspecified atom stereocenters. The third kappa shape index (κ3) is 3.97. The zero-order valence-electron chi connectivity index (χ0n) is 23.0. The summed E-state index contributed by atoms with van der Waals surface area (Å²) < 4.78 is 9.02. The summed E-state index contributed by atoms with van der Waals surface area (Å²) in [4.78, 5) is 0. The maximum Gasteiger partial charge on any atom is 0.216 e. The third-order valence-electron chi connectivity index (χ3n) is 9.28. The van der Waals surface area contributed by atoms with Crippen molar-refractivity contribution in [2.45, 2.75) is 70.6 Å². The molecule has 0 amide bonds. The van der Waals surface area contributed by atoms with E-state index in [0.29, 0.717) is 11.5 Å². The van der Waals surface area contributed by atoms with Gasteiger partial charge in [0.25, 0.3) is 0 Å². The first kappa shape index (κ1) is 24.2. The molecule has 0 N–H and O–H groups in total. The van der Waals surface area contributed by atoms with Crippen LogP contribution in [0.3, 0.4) is 0 Å². The first-order valence-electron chi connectivity index (χ1n) is 14.6. The van der Waals surface area contributed by atoms with E-state index >= 15 is 0 Å². The molecule has 3 aromatic carbocycles. The first-order valence-corrected chi connectivity index (χ1v) is 14.6. The molecule has 3 heteroatoms. The van der Waals surface area contributed by atoms with Crippen molar-refractivity contribution in [3.63, 3.8) is 0 Å². The molecule has 7 rings (SSSR count). The highest BCUT2D eigenvalue weighted by Gasteiger charge is 2.26. The Kier molecular flexibility index (Phi) is 6.00. The van der Waals surface area contributed by atoms with Crippen LogP contribution in [0.4, 0.5) is 0 Å². The van der Waals surface area contributed by atoms with Gasteiger partial charge in [-0.05, 0) is 97.4 Å². The molecule has 1 saturated carbocycles. The van der Waals surface area contributed by atoms with E-state index < -0.39 is 0 Å². The summed E-state index contributed by atoms with van der Waals surface area (Å²) in [6.07, 6.45) is 13.5. The summed E-state index contributed by atoms with van der Waals surface area (Å²) in [5.74, 6) is 0.637. The van der Waals surface area contributed by atoms with Crippen LogP contribution >= 0.6 is 0 Å². The fourth-order valence-corrected chi connectivity index (χ4v) is 7.31. The molecule has 2 aromatic heterocycles. The lowest BCUT2D eigenvalue weighted by molar-refractivity contribution is -0.660. The average Bonchev–Trinajstić information content (AvgIpc) is 3.35. The minimum atomic E-state index is 0.637. The lowest BCUT2D eigenvalue weighted by Crippen LogP contribution is -2.30. The molecule has 39 heavy (non-hydrogen) atoms. The zero-order chi connectivity index (χ0) is 26.5. The fraction of sp³-hybridized carbons (Fsp3) is 0.333. The van der Waals surface area contributed by atoms with Crippen LogP contribution in [0.1, 0.15) is 78.7 Å². The molecule has 2 aliphatic rings. The van der Waals surface area contributed by atoms with Crippen LogP contribution in [0.5, 0.6) is 0 Å². The number of rotatable bonds is 3. The molecular formula is C36H35N2O+. The summed E-state index contributed by atoms with van der Waals surface area (Å²) in [7, 11) is 2.08. The minimum absolute atomic E-state index is 0.637. The number of hydrogen-bond donors (Lipinski definition) is 0. The molecule has 2 heterocycles. The second-order valence-corrected chi connectivity index (χ2v) is 11.7. The van der Waals surface area contributed by atoms with E-state index in [-0.39, 0.29) is 0 Å². The van der Waals surface area contributed by atoms with Crippen molar-refractivity contribution < 1.29 is 8.98 Å².